The maximum atomic E-state index is 12.2. The Bertz CT molecular complexity index is 616. The van der Waals surface area contributed by atoms with Crippen LogP contribution in [0.25, 0.3) is 0 Å². The van der Waals surface area contributed by atoms with Gasteiger partial charge in [-0.15, -0.1) is 0 Å². The van der Waals surface area contributed by atoms with Crippen LogP contribution in [-0.2, 0) is 26.3 Å². The van der Waals surface area contributed by atoms with E-state index in [0.717, 1.165) is 0 Å². The highest BCUT2D eigenvalue weighted by Crippen LogP contribution is 2.18. The molecule has 0 bridgehead atoms. The quantitative estimate of drug-likeness (QED) is 0.680. The molecule has 8 heteroatoms. The molecule has 0 spiro atoms. The second-order valence-corrected chi connectivity index (χ2v) is 7.34. The van der Waals surface area contributed by atoms with Crippen LogP contribution in [0.4, 0.5) is 0 Å². The SMILES string of the molecule is COC(=O)COc1ccccc1CNS(=O)(=O)N(C)CC(C)C. The monoisotopic (exact) mass is 344 g/mol. The Kier molecular flexibility index (Phi) is 7.47. The Hall–Kier alpha value is -1.64. The Morgan fingerprint density at radius 2 is 1.96 bits per heavy atom. The fourth-order valence-corrected chi connectivity index (χ4v) is 2.93. The van der Waals surface area contributed by atoms with Crippen molar-refractivity contribution >= 4 is 16.2 Å². The van der Waals surface area contributed by atoms with Crippen molar-refractivity contribution in [3.8, 4) is 5.75 Å². The minimum atomic E-state index is -3.57. The van der Waals surface area contributed by atoms with Crippen LogP contribution in [0.15, 0.2) is 24.3 Å². The first-order chi connectivity index (χ1) is 10.8. The molecule has 0 saturated carbocycles. The molecule has 7 nitrogen and oxygen atoms in total. The number of hydrogen-bond donors (Lipinski definition) is 1. The number of nitrogens with one attached hydrogen (secondary N) is 1. The van der Waals surface area contributed by atoms with E-state index in [2.05, 4.69) is 9.46 Å². The normalized spacial score (nSPS) is 11.7. The summed E-state index contributed by atoms with van der Waals surface area (Å²) in [5, 5.41) is 0. The Balaban J connectivity index is 2.72. The fraction of sp³-hybridized carbons (Fsp3) is 0.533. The molecule has 0 fully saturated rings. The molecule has 0 aliphatic rings. The van der Waals surface area contributed by atoms with Gasteiger partial charge in [0, 0.05) is 25.7 Å². The molecule has 1 N–H and O–H groups in total. The number of methoxy groups -OCH3 is 1. The summed E-state index contributed by atoms with van der Waals surface area (Å²) in [6.07, 6.45) is 0. The van der Waals surface area contributed by atoms with E-state index in [-0.39, 0.29) is 19.1 Å². The first kappa shape index (κ1) is 19.4. The van der Waals surface area contributed by atoms with Crippen molar-refractivity contribution in [3.63, 3.8) is 0 Å². The van der Waals surface area contributed by atoms with Crippen molar-refractivity contribution < 1.29 is 22.7 Å². The maximum absolute atomic E-state index is 12.2. The van der Waals surface area contributed by atoms with Crippen LogP contribution in [0.3, 0.4) is 0 Å². The van der Waals surface area contributed by atoms with Gasteiger partial charge in [-0.25, -0.2) is 4.79 Å². The molecule has 1 aromatic rings. The molecule has 130 valence electrons. The Morgan fingerprint density at radius 1 is 1.30 bits per heavy atom. The van der Waals surface area contributed by atoms with Gasteiger partial charge in [0.1, 0.15) is 5.75 Å². The van der Waals surface area contributed by atoms with Gasteiger partial charge < -0.3 is 9.47 Å². The van der Waals surface area contributed by atoms with Crippen molar-refractivity contribution in [2.45, 2.75) is 20.4 Å². The average molecular weight is 344 g/mol. The summed E-state index contributed by atoms with van der Waals surface area (Å²) < 4.78 is 38.0. The van der Waals surface area contributed by atoms with Gasteiger partial charge in [-0.05, 0) is 12.0 Å². The van der Waals surface area contributed by atoms with Gasteiger partial charge in [0.25, 0.3) is 10.2 Å². The van der Waals surface area contributed by atoms with E-state index in [1.165, 1.54) is 18.5 Å². The summed E-state index contributed by atoms with van der Waals surface area (Å²) in [5.74, 6) is 0.163. The maximum Gasteiger partial charge on any atom is 0.343 e. The number of carbonyl (C=O) groups is 1. The highest BCUT2D eigenvalue weighted by molar-refractivity contribution is 7.87. The summed E-state index contributed by atoms with van der Waals surface area (Å²) >= 11 is 0. The van der Waals surface area contributed by atoms with E-state index in [0.29, 0.717) is 17.9 Å². The van der Waals surface area contributed by atoms with Crippen LogP contribution < -0.4 is 9.46 Å². The molecule has 0 amide bonds. The smallest absolute Gasteiger partial charge is 0.343 e. The third kappa shape index (κ3) is 6.55. The van der Waals surface area contributed by atoms with Crippen molar-refractivity contribution in [3.05, 3.63) is 29.8 Å². The third-order valence-corrected chi connectivity index (χ3v) is 4.50. The summed E-state index contributed by atoms with van der Waals surface area (Å²) in [6.45, 7) is 4.16. The zero-order valence-electron chi connectivity index (χ0n) is 13.9. The summed E-state index contributed by atoms with van der Waals surface area (Å²) in [7, 11) is -0.766. The molecular formula is C15H24N2O5S. The summed E-state index contributed by atoms with van der Waals surface area (Å²) in [5.41, 5.74) is 0.637. The number of carbonyl (C=O) groups excluding carboxylic acids is 1. The van der Waals surface area contributed by atoms with E-state index in [4.69, 9.17) is 4.74 Å². The number of esters is 1. The van der Waals surface area contributed by atoms with Crippen molar-refractivity contribution in [1.82, 2.24) is 9.03 Å². The second kappa shape index (κ2) is 8.85. The average Bonchev–Trinajstić information content (AvgIpc) is 2.50. The first-order valence-electron chi connectivity index (χ1n) is 7.24. The second-order valence-electron chi connectivity index (χ2n) is 5.47. The standard InChI is InChI=1S/C15H24N2O5S/c1-12(2)10-17(3)23(19,20)16-9-13-7-5-6-8-14(13)22-11-15(18)21-4/h5-8,12,16H,9-11H2,1-4H3. The van der Waals surface area contributed by atoms with Gasteiger partial charge in [0.2, 0.25) is 0 Å². The first-order valence-corrected chi connectivity index (χ1v) is 8.68. The van der Waals surface area contributed by atoms with Crippen molar-refractivity contribution in [1.29, 1.82) is 0 Å². The van der Waals surface area contributed by atoms with E-state index in [1.54, 1.807) is 24.3 Å². The molecule has 1 aromatic carbocycles. The lowest BCUT2D eigenvalue weighted by molar-refractivity contribution is -0.142. The molecule has 1 rings (SSSR count). The lowest BCUT2D eigenvalue weighted by atomic mass is 10.2. The molecule has 0 radical (unpaired) electrons. The van der Waals surface area contributed by atoms with Gasteiger partial charge >= 0.3 is 5.97 Å². The topological polar surface area (TPSA) is 84.9 Å². The highest BCUT2D eigenvalue weighted by Gasteiger charge is 2.18. The van der Waals surface area contributed by atoms with Gasteiger partial charge in [0.05, 0.1) is 7.11 Å². The predicted molar refractivity (Wildman–Crippen MR) is 87.2 cm³/mol. The van der Waals surface area contributed by atoms with E-state index >= 15 is 0 Å². The highest BCUT2D eigenvalue weighted by atomic mass is 32.2. The lowest BCUT2D eigenvalue weighted by Crippen LogP contribution is -2.39. The van der Waals surface area contributed by atoms with Gasteiger partial charge in [-0.1, -0.05) is 32.0 Å². The summed E-state index contributed by atoms with van der Waals surface area (Å²) in [4.78, 5) is 11.1. The molecule has 0 saturated heterocycles. The molecule has 23 heavy (non-hydrogen) atoms. The summed E-state index contributed by atoms with van der Waals surface area (Å²) in [6, 6.07) is 6.92. The van der Waals surface area contributed by atoms with E-state index in [1.807, 2.05) is 13.8 Å². The van der Waals surface area contributed by atoms with Gasteiger partial charge in [0.15, 0.2) is 6.61 Å². The third-order valence-electron chi connectivity index (χ3n) is 3.02. The zero-order chi connectivity index (χ0) is 17.5. The van der Waals surface area contributed by atoms with E-state index < -0.39 is 16.2 Å². The molecule has 0 aromatic heterocycles. The zero-order valence-corrected chi connectivity index (χ0v) is 14.7. The number of para-hydroxylation sites is 1. The molecule has 0 heterocycles. The Labute approximate surface area is 137 Å². The minimum absolute atomic E-state index is 0.0715. The predicted octanol–water partition coefficient (Wildman–Crippen LogP) is 1.16. The Morgan fingerprint density at radius 3 is 2.57 bits per heavy atom. The molecular weight excluding hydrogens is 320 g/mol. The van der Waals surface area contributed by atoms with Gasteiger partial charge in [-0.3, -0.25) is 0 Å². The molecule has 0 aliphatic heterocycles. The van der Waals surface area contributed by atoms with Crippen LogP contribution in [-0.4, -0.2) is 46.0 Å². The minimum Gasteiger partial charge on any atom is -0.482 e. The van der Waals surface area contributed by atoms with Crippen LogP contribution >= 0.6 is 0 Å². The number of rotatable bonds is 9. The van der Waals surface area contributed by atoms with Crippen LogP contribution in [0.1, 0.15) is 19.4 Å². The van der Waals surface area contributed by atoms with Gasteiger partial charge in [-0.2, -0.15) is 17.4 Å². The van der Waals surface area contributed by atoms with E-state index in [9.17, 15) is 13.2 Å². The molecule has 0 unspecified atom stereocenters. The molecule has 0 aliphatic carbocycles. The number of nitrogens with zero attached hydrogens (tertiary/aromatic N) is 1. The number of hydrogen-bond acceptors (Lipinski definition) is 5. The lowest BCUT2D eigenvalue weighted by Gasteiger charge is -2.20. The number of ether oxygens (including phenoxy) is 2. The molecule has 0 atom stereocenters. The van der Waals surface area contributed by atoms with Crippen LogP contribution in [0, 0.1) is 5.92 Å². The van der Waals surface area contributed by atoms with Crippen LogP contribution in [0.2, 0.25) is 0 Å². The van der Waals surface area contributed by atoms with Crippen LogP contribution in [0.5, 0.6) is 5.75 Å². The van der Waals surface area contributed by atoms with Crippen molar-refractivity contribution in [2.75, 3.05) is 27.3 Å². The number of benzene rings is 1. The fourth-order valence-electron chi connectivity index (χ4n) is 1.88. The largest absolute Gasteiger partial charge is 0.482 e. The van der Waals surface area contributed by atoms with Crippen molar-refractivity contribution in [2.24, 2.45) is 5.92 Å².